The molecule has 3 aliphatic heterocycles. The summed E-state index contributed by atoms with van der Waals surface area (Å²) in [5, 5.41) is 2.96. The molecule has 4 aromatic heterocycles. The lowest BCUT2D eigenvalue weighted by Gasteiger charge is -2.31. The second-order valence-corrected chi connectivity index (χ2v) is 21.9. The van der Waals surface area contributed by atoms with Gasteiger partial charge in [0.2, 0.25) is 5.91 Å². The fourth-order valence-corrected chi connectivity index (χ4v) is 8.96. The number of pyridine rings is 2. The summed E-state index contributed by atoms with van der Waals surface area (Å²) < 4.78 is 50.2. The zero-order valence-corrected chi connectivity index (χ0v) is 45.0. The van der Waals surface area contributed by atoms with Gasteiger partial charge < -0.3 is 15.8 Å². The molecule has 7 aromatic rings. The number of terminal acetylenes is 1. The third-order valence-corrected chi connectivity index (χ3v) is 13.1. The van der Waals surface area contributed by atoms with Crippen molar-refractivity contribution in [1.29, 1.82) is 0 Å². The van der Waals surface area contributed by atoms with Crippen LogP contribution in [-0.4, -0.2) is 48.0 Å². The Morgan fingerprint density at radius 1 is 0.689 bits per heavy atom. The second kappa shape index (κ2) is 24.3. The minimum Gasteiger partial charge on any atom is -0.423 e. The van der Waals surface area contributed by atoms with E-state index in [1.165, 1.54) is 18.2 Å². The zero-order chi connectivity index (χ0) is 54.0. The van der Waals surface area contributed by atoms with Crippen LogP contribution < -0.4 is 26.9 Å². The molecule has 3 aliphatic rings. The van der Waals surface area contributed by atoms with Crippen molar-refractivity contribution in [3.63, 3.8) is 0 Å². The van der Waals surface area contributed by atoms with E-state index >= 15 is 0 Å². The Labute approximate surface area is 443 Å². The highest BCUT2D eigenvalue weighted by Crippen LogP contribution is 2.32. The minimum atomic E-state index is -0.672. The summed E-state index contributed by atoms with van der Waals surface area (Å²) in [6.45, 7) is 14.9. The van der Waals surface area contributed by atoms with Crippen LogP contribution in [0.2, 0.25) is 0 Å². The van der Waals surface area contributed by atoms with E-state index in [9.17, 15) is 32.3 Å². The number of rotatable bonds is 2. The van der Waals surface area contributed by atoms with Crippen molar-refractivity contribution in [2.75, 3.05) is 12.3 Å². The molecule has 384 valence electrons. The van der Waals surface area contributed by atoms with Crippen LogP contribution in [0.15, 0.2) is 104 Å². The molecule has 3 aromatic carbocycles. The number of carbonyl (C=O) groups is 2. The lowest BCUT2D eigenvalue weighted by molar-refractivity contribution is -0.124. The number of anilines is 1. The maximum absolute atomic E-state index is 14.7. The van der Waals surface area contributed by atoms with Crippen LogP contribution in [0.25, 0.3) is 21.8 Å². The highest BCUT2D eigenvalue weighted by Gasteiger charge is 2.30. The number of carbonyl (C=O) groups excluding carboxylic acids is 2. The van der Waals surface area contributed by atoms with E-state index in [0.29, 0.717) is 68.3 Å². The predicted octanol–water partition coefficient (Wildman–Crippen LogP) is 10.3. The molecule has 0 saturated carbocycles. The highest BCUT2D eigenvalue weighted by molar-refractivity contribution is 9.10. The van der Waals surface area contributed by atoms with E-state index in [0.717, 1.165) is 49.9 Å². The van der Waals surface area contributed by atoms with E-state index in [-0.39, 0.29) is 56.5 Å². The van der Waals surface area contributed by atoms with Gasteiger partial charge in [0.15, 0.2) is 11.6 Å². The van der Waals surface area contributed by atoms with Crippen LogP contribution in [0.5, 0.6) is 5.75 Å². The fraction of sp³-hybridized carbons (Fsp3) is 0.321. The Kier molecular flexibility index (Phi) is 18.4. The molecule has 0 radical (unpaired) electrons. The molecule has 0 aliphatic carbocycles. The van der Waals surface area contributed by atoms with Crippen LogP contribution in [-0.2, 0) is 35.5 Å². The van der Waals surface area contributed by atoms with Gasteiger partial charge in [-0.15, -0.1) is 6.42 Å². The number of halogens is 5. The summed E-state index contributed by atoms with van der Waals surface area (Å²) >= 11 is 6.27. The topological polar surface area (TPSA) is 177 Å². The molecule has 0 unspecified atom stereocenters. The zero-order valence-electron chi connectivity index (χ0n) is 41.8. The molecule has 0 spiro atoms. The summed E-state index contributed by atoms with van der Waals surface area (Å²) in [5.41, 5.74) is 7.82. The quantitative estimate of drug-likeness (QED) is 0.0962. The van der Waals surface area contributed by atoms with E-state index in [1.54, 1.807) is 45.8 Å². The van der Waals surface area contributed by atoms with Crippen molar-refractivity contribution < 1.29 is 27.5 Å². The first kappa shape index (κ1) is 56.2. The van der Waals surface area contributed by atoms with Crippen LogP contribution in [0.4, 0.5) is 18.9 Å². The largest absolute Gasteiger partial charge is 0.423 e. The van der Waals surface area contributed by atoms with Gasteiger partial charge in [-0.1, -0.05) is 97.4 Å². The van der Waals surface area contributed by atoms with Crippen LogP contribution in [0.3, 0.4) is 0 Å². The average molecular weight is 1140 g/mol. The third kappa shape index (κ3) is 15.0. The molecule has 18 heteroatoms. The van der Waals surface area contributed by atoms with Gasteiger partial charge in [0.05, 0.1) is 16.7 Å². The number of nitrogen functional groups attached to an aromatic ring is 1. The van der Waals surface area contributed by atoms with Gasteiger partial charge in [-0.2, -0.15) is 0 Å². The molecule has 3 N–H and O–H groups in total. The predicted molar refractivity (Wildman–Crippen MR) is 287 cm³/mol. The standard InChI is InChI=1S/C21H18FN3O.C14H14BrFN2O.C7H5BrFNO2.C7H13NO.C7H5N/c1-21(2)9-8-18-24-17-12-14(6-7-15-5-3-4-10-23-15)11-16(22)19(17)20(26)25(18)13-21;1-14(2)4-3-11-17-10-6-8(15)5-9(16)12(10)13(19)18(11)7-14;8-4-1-5(9)7(12-3-11)6(10)2-4;1-7(2)4-3-6(9)8-5-7;1-2-7-5-3-4-6-8-7/h3-5,10-12H,8-9,13H2,1-2H3;5-6H,3-4,7H2,1-2H3;1-3H,10H2;3-5H2,1-2H3,(H,8,9);1,3-6H. The Morgan fingerprint density at radius 3 is 1.68 bits per heavy atom. The van der Waals surface area contributed by atoms with E-state index in [2.05, 4.69) is 121 Å². The van der Waals surface area contributed by atoms with Gasteiger partial charge in [0, 0.05) is 65.8 Å². The van der Waals surface area contributed by atoms with Gasteiger partial charge >= 0.3 is 0 Å². The fourth-order valence-electron chi connectivity index (χ4n) is 8.09. The SMILES string of the molecule is C#Cc1ccccn1.CC1(C)CCC(=O)NC1.CC1(C)CCc2nc3cc(Br)cc(F)c3c(=O)n2C1.CC1(C)CCc2nc3cc(C#Cc4ccccn4)cc(F)c3c(=O)n2C1.Nc1cc(Br)cc(F)c1OC=O. The number of aryl methyl sites for hydroxylation is 2. The second-order valence-electron chi connectivity index (χ2n) is 20.1. The third-order valence-electron chi connectivity index (χ3n) is 12.2. The number of benzene rings is 3. The first-order chi connectivity index (χ1) is 35.0. The molecular formula is C56H55Br2F3N8O5. The molecule has 13 nitrogen and oxygen atoms in total. The van der Waals surface area contributed by atoms with E-state index < -0.39 is 17.5 Å². The first-order valence-corrected chi connectivity index (χ1v) is 25.1. The molecular weight excluding hydrogens is 1080 g/mol. The van der Waals surface area contributed by atoms with Gasteiger partial charge in [-0.05, 0) is 102 Å². The molecule has 1 saturated heterocycles. The molecule has 74 heavy (non-hydrogen) atoms. The summed E-state index contributed by atoms with van der Waals surface area (Å²) in [7, 11) is 0. The molecule has 10 rings (SSSR count). The first-order valence-electron chi connectivity index (χ1n) is 23.5. The van der Waals surface area contributed by atoms with Crippen molar-refractivity contribution >= 4 is 71.7 Å². The number of nitrogens with zero attached hydrogens (tertiary/aromatic N) is 6. The smallest absolute Gasteiger partial charge is 0.298 e. The van der Waals surface area contributed by atoms with Crippen LogP contribution >= 0.6 is 31.9 Å². The Morgan fingerprint density at radius 2 is 1.20 bits per heavy atom. The maximum Gasteiger partial charge on any atom is 0.298 e. The monoisotopic (exact) mass is 1130 g/mol. The number of hydrogen-bond donors (Lipinski definition) is 2. The van der Waals surface area contributed by atoms with Crippen molar-refractivity contribution in [3.8, 4) is 29.9 Å². The van der Waals surface area contributed by atoms with Crippen molar-refractivity contribution in [2.24, 2.45) is 16.2 Å². The number of piperidine rings is 1. The molecule has 0 atom stereocenters. The Hall–Kier alpha value is -7.15. The number of nitrogens with two attached hydrogens (primary N) is 1. The lowest BCUT2D eigenvalue weighted by atomic mass is 9.85. The van der Waals surface area contributed by atoms with E-state index in [4.69, 9.17) is 12.2 Å². The van der Waals surface area contributed by atoms with Crippen LogP contribution in [0.1, 0.15) is 95.8 Å². The molecule has 0 bridgehead atoms. The number of fused-ring (bicyclic) bond motifs is 4. The van der Waals surface area contributed by atoms with Gasteiger partial charge in [-0.25, -0.2) is 33.1 Å². The summed E-state index contributed by atoms with van der Waals surface area (Å²) in [5.74, 6) is 7.90. The average Bonchev–Trinajstić information content (AvgIpc) is 3.34. The number of aromatic nitrogens is 6. The van der Waals surface area contributed by atoms with Gasteiger partial charge in [0.25, 0.3) is 17.6 Å². The molecule has 1 amide bonds. The van der Waals surface area contributed by atoms with Crippen LogP contribution in [0, 0.1) is 57.9 Å². The number of amides is 1. The normalized spacial score (nSPS) is 15.3. The van der Waals surface area contributed by atoms with Crippen molar-refractivity contribution in [1.82, 2.24) is 34.4 Å². The van der Waals surface area contributed by atoms with Gasteiger partial charge in [0.1, 0.15) is 45.4 Å². The molecule has 1 fully saturated rings. The highest BCUT2D eigenvalue weighted by atomic mass is 79.9. The minimum absolute atomic E-state index is 0.0107. The van der Waals surface area contributed by atoms with Crippen molar-refractivity contribution in [3.05, 3.63) is 161 Å². The Balaban J connectivity index is 0.000000162. The van der Waals surface area contributed by atoms with Crippen molar-refractivity contribution in [2.45, 2.75) is 93.2 Å². The van der Waals surface area contributed by atoms with Gasteiger partial charge in [-0.3, -0.25) is 28.3 Å². The summed E-state index contributed by atoms with van der Waals surface area (Å²) in [6.07, 6.45) is 13.5. The maximum atomic E-state index is 14.7. The number of nitrogens with one attached hydrogen (secondary N) is 1. The number of hydrogen-bond acceptors (Lipinski definition) is 10. The summed E-state index contributed by atoms with van der Waals surface area (Å²) in [6, 6.07) is 19.5. The Bertz CT molecular complexity index is 3410. The van der Waals surface area contributed by atoms with E-state index in [1.807, 2.05) is 24.3 Å². The summed E-state index contributed by atoms with van der Waals surface area (Å²) in [4.78, 5) is 62.8. The number of ether oxygens (including phenoxy) is 1. The molecule has 7 heterocycles. The lowest BCUT2D eigenvalue weighted by Crippen LogP contribution is -2.39.